The second-order valence-electron chi connectivity index (χ2n) is 10.6. The molecule has 1 fully saturated rings. The Kier molecular flexibility index (Phi) is 10.3. The summed E-state index contributed by atoms with van der Waals surface area (Å²) in [7, 11) is 1.22. The molecule has 0 spiro atoms. The van der Waals surface area contributed by atoms with Gasteiger partial charge < -0.3 is 30.1 Å². The number of nitrogens with zero attached hydrogens (tertiary/aromatic N) is 1. The molecule has 0 aromatic heterocycles. The maximum absolute atomic E-state index is 14.2. The van der Waals surface area contributed by atoms with Crippen LogP contribution >= 0.6 is 0 Å². The van der Waals surface area contributed by atoms with Crippen molar-refractivity contribution < 1.29 is 33.8 Å². The summed E-state index contributed by atoms with van der Waals surface area (Å²) < 4.78 is 10.1. The number of nitrogens with one attached hydrogen (secondary N) is 2. The van der Waals surface area contributed by atoms with Crippen molar-refractivity contribution in [2.24, 2.45) is 5.92 Å². The van der Waals surface area contributed by atoms with Gasteiger partial charge in [0.2, 0.25) is 11.8 Å². The van der Waals surface area contributed by atoms with Gasteiger partial charge in [0.25, 0.3) is 0 Å². The maximum atomic E-state index is 14.2. The van der Waals surface area contributed by atoms with Crippen LogP contribution < -0.4 is 10.6 Å². The van der Waals surface area contributed by atoms with E-state index in [2.05, 4.69) is 15.4 Å². The monoisotopic (exact) mass is 519 g/mol. The lowest BCUT2D eigenvalue weighted by Gasteiger charge is -2.44. The van der Waals surface area contributed by atoms with E-state index in [-0.39, 0.29) is 24.3 Å². The standard InChI is InChI=1S/C27H41N3O7/c1-8-16(2)22(29-26(35)37-27(4,5)6)25(34)30(19-10-9-11-19)23(24(33)28-15-21(32)36-7)18-12-13-20(31)17(3)14-18/h12-14,16,19,22-23,31H,8-11,15H2,1-7H3,(H,28,33)(H,29,35). The molecule has 3 atom stereocenters. The number of carbonyl (C=O) groups excluding carboxylic acids is 4. The predicted molar refractivity (Wildman–Crippen MR) is 138 cm³/mol. The normalized spacial score (nSPS) is 16.0. The number of phenols is 1. The molecule has 206 valence electrons. The van der Waals surface area contributed by atoms with E-state index in [1.165, 1.54) is 18.1 Å². The number of benzene rings is 1. The molecule has 0 radical (unpaired) electrons. The number of methoxy groups -OCH3 is 1. The highest BCUT2D eigenvalue weighted by atomic mass is 16.6. The van der Waals surface area contributed by atoms with Gasteiger partial charge in [-0.15, -0.1) is 0 Å². The lowest BCUT2D eigenvalue weighted by Crippen LogP contribution is -2.59. The Labute approximate surface area is 219 Å². The summed E-state index contributed by atoms with van der Waals surface area (Å²) in [5, 5.41) is 15.4. The lowest BCUT2D eigenvalue weighted by atomic mass is 9.86. The zero-order chi connectivity index (χ0) is 27.9. The third-order valence-corrected chi connectivity index (χ3v) is 6.57. The number of rotatable bonds is 10. The molecule has 0 bridgehead atoms. The number of aromatic hydroxyl groups is 1. The summed E-state index contributed by atoms with van der Waals surface area (Å²) >= 11 is 0. The zero-order valence-electron chi connectivity index (χ0n) is 22.9. The van der Waals surface area contributed by atoms with Crippen molar-refractivity contribution in [1.82, 2.24) is 15.5 Å². The number of hydrogen-bond donors (Lipinski definition) is 3. The van der Waals surface area contributed by atoms with Crippen molar-refractivity contribution in [2.45, 2.75) is 91.0 Å². The molecule has 10 nitrogen and oxygen atoms in total. The smallest absolute Gasteiger partial charge is 0.408 e. The van der Waals surface area contributed by atoms with Crippen LogP contribution in [0.1, 0.15) is 77.5 Å². The van der Waals surface area contributed by atoms with Crippen LogP contribution in [-0.4, -0.2) is 65.2 Å². The molecule has 0 saturated heterocycles. The van der Waals surface area contributed by atoms with Crippen molar-refractivity contribution in [3.8, 4) is 5.75 Å². The number of ether oxygens (including phenoxy) is 2. The van der Waals surface area contributed by atoms with Gasteiger partial charge in [-0.2, -0.15) is 0 Å². The molecule has 1 saturated carbocycles. The van der Waals surface area contributed by atoms with E-state index in [0.29, 0.717) is 30.4 Å². The van der Waals surface area contributed by atoms with Gasteiger partial charge in [-0.05, 0) is 76.1 Å². The molecule has 10 heteroatoms. The van der Waals surface area contributed by atoms with Crippen molar-refractivity contribution in [3.63, 3.8) is 0 Å². The van der Waals surface area contributed by atoms with E-state index in [0.717, 1.165) is 6.42 Å². The molecular weight excluding hydrogens is 478 g/mol. The van der Waals surface area contributed by atoms with Crippen LogP contribution in [0.25, 0.3) is 0 Å². The molecular formula is C27H41N3O7. The highest BCUT2D eigenvalue weighted by molar-refractivity contribution is 5.93. The van der Waals surface area contributed by atoms with Crippen LogP contribution in [0.3, 0.4) is 0 Å². The molecule has 1 aliphatic rings. The van der Waals surface area contributed by atoms with Gasteiger partial charge in [-0.25, -0.2) is 4.79 Å². The fourth-order valence-electron chi connectivity index (χ4n) is 4.08. The molecule has 0 heterocycles. The maximum Gasteiger partial charge on any atom is 0.408 e. The van der Waals surface area contributed by atoms with Gasteiger partial charge in [0.05, 0.1) is 7.11 Å². The van der Waals surface area contributed by atoms with Crippen molar-refractivity contribution >= 4 is 23.9 Å². The first-order valence-electron chi connectivity index (χ1n) is 12.7. The van der Waals surface area contributed by atoms with Crippen LogP contribution in [0.5, 0.6) is 5.75 Å². The first-order valence-corrected chi connectivity index (χ1v) is 12.7. The number of esters is 1. The van der Waals surface area contributed by atoms with Crippen molar-refractivity contribution in [3.05, 3.63) is 29.3 Å². The molecule has 2 rings (SSSR count). The first-order chi connectivity index (χ1) is 17.3. The van der Waals surface area contributed by atoms with Crippen LogP contribution in [0.4, 0.5) is 4.79 Å². The molecule has 0 aliphatic heterocycles. The first kappa shape index (κ1) is 29.9. The van der Waals surface area contributed by atoms with E-state index in [9.17, 15) is 24.3 Å². The van der Waals surface area contributed by atoms with Gasteiger partial charge >= 0.3 is 12.1 Å². The van der Waals surface area contributed by atoms with Gasteiger partial charge in [0.1, 0.15) is 30.0 Å². The zero-order valence-corrected chi connectivity index (χ0v) is 22.9. The van der Waals surface area contributed by atoms with Crippen LogP contribution in [0.15, 0.2) is 18.2 Å². The van der Waals surface area contributed by atoms with E-state index in [4.69, 9.17) is 4.74 Å². The minimum Gasteiger partial charge on any atom is -0.508 e. The van der Waals surface area contributed by atoms with E-state index in [1.807, 2.05) is 13.8 Å². The summed E-state index contributed by atoms with van der Waals surface area (Å²) in [5.74, 6) is -1.78. The molecule has 1 aromatic rings. The van der Waals surface area contributed by atoms with Gasteiger partial charge in [0, 0.05) is 6.04 Å². The second kappa shape index (κ2) is 12.8. The number of hydrogen-bond acceptors (Lipinski definition) is 7. The minimum absolute atomic E-state index is 0.0584. The minimum atomic E-state index is -1.09. The summed E-state index contributed by atoms with van der Waals surface area (Å²) in [6.07, 6.45) is 2.17. The lowest BCUT2D eigenvalue weighted by molar-refractivity contribution is -0.149. The quantitative estimate of drug-likeness (QED) is 0.404. The molecule has 1 aliphatic carbocycles. The number of amides is 3. The highest BCUT2D eigenvalue weighted by Gasteiger charge is 2.43. The number of carbonyl (C=O) groups is 4. The molecule has 3 amide bonds. The van der Waals surface area contributed by atoms with Crippen LogP contribution in [0, 0.1) is 12.8 Å². The molecule has 3 unspecified atom stereocenters. The molecule has 3 N–H and O–H groups in total. The van der Waals surface area contributed by atoms with Gasteiger partial charge in [-0.3, -0.25) is 14.4 Å². The summed E-state index contributed by atoms with van der Waals surface area (Å²) in [4.78, 5) is 53.7. The Bertz CT molecular complexity index is 985. The van der Waals surface area contributed by atoms with Crippen molar-refractivity contribution in [1.29, 1.82) is 0 Å². The third-order valence-electron chi connectivity index (χ3n) is 6.57. The number of alkyl carbamates (subject to hydrolysis) is 1. The summed E-state index contributed by atoms with van der Waals surface area (Å²) in [5.41, 5.74) is 0.272. The SMILES string of the molecule is CCC(C)C(NC(=O)OC(C)(C)C)C(=O)N(C1CCC1)C(C(=O)NCC(=O)OC)c1ccc(O)c(C)c1. The second-order valence-corrected chi connectivity index (χ2v) is 10.6. The Morgan fingerprint density at radius 2 is 1.84 bits per heavy atom. The van der Waals surface area contributed by atoms with E-state index in [1.54, 1.807) is 39.8 Å². The van der Waals surface area contributed by atoms with Gasteiger partial charge in [-0.1, -0.05) is 26.3 Å². The van der Waals surface area contributed by atoms with E-state index < -0.39 is 41.6 Å². The predicted octanol–water partition coefficient (Wildman–Crippen LogP) is 3.35. The van der Waals surface area contributed by atoms with Crippen LogP contribution in [0.2, 0.25) is 0 Å². The average Bonchev–Trinajstić information content (AvgIpc) is 2.79. The van der Waals surface area contributed by atoms with Gasteiger partial charge in [0.15, 0.2) is 0 Å². The third kappa shape index (κ3) is 8.10. The summed E-state index contributed by atoms with van der Waals surface area (Å²) in [6.45, 7) is 10.3. The van der Waals surface area contributed by atoms with Crippen molar-refractivity contribution in [2.75, 3.05) is 13.7 Å². The Balaban J connectivity index is 2.53. The largest absolute Gasteiger partial charge is 0.508 e. The van der Waals surface area contributed by atoms with E-state index >= 15 is 0 Å². The molecule has 1 aromatic carbocycles. The van der Waals surface area contributed by atoms with Crippen LogP contribution in [-0.2, 0) is 23.9 Å². The fourth-order valence-corrected chi connectivity index (χ4v) is 4.08. The Morgan fingerprint density at radius 1 is 1.19 bits per heavy atom. The average molecular weight is 520 g/mol. The number of aryl methyl sites for hydroxylation is 1. The Morgan fingerprint density at radius 3 is 2.32 bits per heavy atom. The topological polar surface area (TPSA) is 134 Å². The highest BCUT2D eigenvalue weighted by Crippen LogP contribution is 2.35. The summed E-state index contributed by atoms with van der Waals surface area (Å²) in [6, 6.07) is 2.45. The number of phenolic OH excluding ortho intramolecular Hbond substituents is 1. The Hall–Kier alpha value is -3.30. The fraction of sp³-hybridized carbons (Fsp3) is 0.630. The molecule has 37 heavy (non-hydrogen) atoms.